The normalized spacial score (nSPS) is 28.0. The van der Waals surface area contributed by atoms with Crippen LogP contribution in [0.1, 0.15) is 47.2 Å². The van der Waals surface area contributed by atoms with Gasteiger partial charge in [-0.15, -0.1) is 12.4 Å². The summed E-state index contributed by atoms with van der Waals surface area (Å²) in [6.45, 7) is 4.03. The van der Waals surface area contributed by atoms with E-state index < -0.39 is 0 Å². The molecule has 2 fully saturated rings. The van der Waals surface area contributed by atoms with Gasteiger partial charge in [0.1, 0.15) is 6.10 Å². The first-order valence-electron chi connectivity index (χ1n) is 7.54. The van der Waals surface area contributed by atoms with Crippen molar-refractivity contribution in [3.8, 4) is 0 Å². The number of halogens is 1. The van der Waals surface area contributed by atoms with Gasteiger partial charge < -0.3 is 9.64 Å². The topological polar surface area (TPSA) is 29.5 Å². The van der Waals surface area contributed by atoms with Crippen molar-refractivity contribution < 1.29 is 9.53 Å². The van der Waals surface area contributed by atoms with Gasteiger partial charge in [0, 0.05) is 24.9 Å². The minimum Gasteiger partial charge on any atom is -0.459 e. The Bertz CT molecular complexity index is 497. The van der Waals surface area contributed by atoms with Crippen LogP contribution in [0.3, 0.4) is 0 Å². The van der Waals surface area contributed by atoms with Gasteiger partial charge in [-0.2, -0.15) is 0 Å². The predicted molar refractivity (Wildman–Crippen MR) is 86.2 cm³/mol. The van der Waals surface area contributed by atoms with E-state index in [0.29, 0.717) is 17.6 Å². The third-order valence-electron chi connectivity index (χ3n) is 4.79. The van der Waals surface area contributed by atoms with Gasteiger partial charge in [0.2, 0.25) is 0 Å². The fourth-order valence-corrected chi connectivity index (χ4v) is 3.77. The molecule has 4 heteroatoms. The molecule has 0 saturated carbocycles. The van der Waals surface area contributed by atoms with Gasteiger partial charge in [0.05, 0.1) is 5.56 Å². The lowest BCUT2D eigenvalue weighted by molar-refractivity contribution is -0.000466. The van der Waals surface area contributed by atoms with Gasteiger partial charge in [-0.05, 0) is 45.9 Å². The average Bonchev–Trinajstić information content (AvgIpc) is 2.61. The van der Waals surface area contributed by atoms with Crippen molar-refractivity contribution in [3.63, 3.8) is 0 Å². The summed E-state index contributed by atoms with van der Waals surface area (Å²) in [7, 11) is 2.20. The van der Waals surface area contributed by atoms with Gasteiger partial charge in [0.25, 0.3) is 0 Å². The van der Waals surface area contributed by atoms with Crippen molar-refractivity contribution in [1.82, 2.24) is 4.90 Å². The lowest BCUT2D eigenvalue weighted by Crippen LogP contribution is -2.43. The molecule has 2 aliphatic heterocycles. The van der Waals surface area contributed by atoms with E-state index in [0.717, 1.165) is 24.0 Å². The zero-order valence-corrected chi connectivity index (χ0v) is 13.8. The van der Waals surface area contributed by atoms with Gasteiger partial charge in [0.15, 0.2) is 0 Å². The highest BCUT2D eigenvalue weighted by Gasteiger charge is 2.39. The number of nitrogens with zero attached hydrogens (tertiary/aromatic N) is 1. The van der Waals surface area contributed by atoms with Gasteiger partial charge in [-0.1, -0.05) is 17.2 Å². The average molecular weight is 310 g/mol. The molecule has 0 amide bonds. The van der Waals surface area contributed by atoms with E-state index in [-0.39, 0.29) is 24.5 Å². The van der Waals surface area contributed by atoms with Crippen LogP contribution in [-0.4, -0.2) is 36.1 Å². The van der Waals surface area contributed by atoms with Crippen LogP contribution in [-0.2, 0) is 4.74 Å². The summed E-state index contributed by atoms with van der Waals surface area (Å²) in [4.78, 5) is 14.8. The molecule has 2 saturated heterocycles. The molecular weight excluding hydrogens is 286 g/mol. The molecule has 0 radical (unpaired) electrons. The Balaban J connectivity index is 0.00000161. The largest absolute Gasteiger partial charge is 0.459 e. The smallest absolute Gasteiger partial charge is 0.338 e. The lowest BCUT2D eigenvalue weighted by atomic mass is 10.0. The highest BCUT2D eigenvalue weighted by Crippen LogP contribution is 2.35. The van der Waals surface area contributed by atoms with E-state index in [9.17, 15) is 4.79 Å². The molecule has 2 bridgehead atoms. The minimum absolute atomic E-state index is 0. The van der Waals surface area contributed by atoms with Crippen molar-refractivity contribution in [3.05, 3.63) is 34.9 Å². The molecule has 1 aromatic carbocycles. The molecular formula is C17H24ClNO2. The second-order valence-corrected chi connectivity index (χ2v) is 6.43. The predicted octanol–water partition coefficient (Wildman–Crippen LogP) is 3.51. The van der Waals surface area contributed by atoms with Gasteiger partial charge in [-0.25, -0.2) is 4.79 Å². The number of hydrogen-bond acceptors (Lipinski definition) is 3. The SMILES string of the molecule is Cc1cc(C)cc(C(=O)O[C@H]2C[C@H]3CC[C@@H](C2)N3C)c1.Cl. The Hall–Kier alpha value is -1.06. The molecule has 0 unspecified atom stereocenters. The first-order chi connectivity index (χ1) is 9.52. The van der Waals surface area contributed by atoms with Crippen LogP contribution in [0.5, 0.6) is 0 Å². The maximum atomic E-state index is 12.3. The van der Waals surface area contributed by atoms with Crippen molar-refractivity contribution in [1.29, 1.82) is 0 Å². The van der Waals surface area contributed by atoms with E-state index in [1.54, 1.807) is 0 Å². The van der Waals surface area contributed by atoms with Crippen molar-refractivity contribution in [2.45, 2.75) is 57.7 Å². The fraction of sp³-hybridized carbons (Fsp3) is 0.588. The molecule has 2 heterocycles. The maximum Gasteiger partial charge on any atom is 0.338 e. The van der Waals surface area contributed by atoms with Crippen LogP contribution in [0.2, 0.25) is 0 Å². The third kappa shape index (κ3) is 3.41. The molecule has 0 aromatic heterocycles. The van der Waals surface area contributed by atoms with Crippen LogP contribution in [0.4, 0.5) is 0 Å². The van der Waals surface area contributed by atoms with Crippen LogP contribution >= 0.6 is 12.4 Å². The number of benzene rings is 1. The maximum absolute atomic E-state index is 12.3. The molecule has 2 aliphatic rings. The second-order valence-electron chi connectivity index (χ2n) is 6.43. The lowest BCUT2D eigenvalue weighted by Gasteiger charge is -2.35. The molecule has 0 spiro atoms. The third-order valence-corrected chi connectivity index (χ3v) is 4.79. The van der Waals surface area contributed by atoms with E-state index in [1.165, 1.54) is 12.8 Å². The Labute approximate surface area is 133 Å². The molecule has 0 N–H and O–H groups in total. The zero-order valence-electron chi connectivity index (χ0n) is 13.0. The first kappa shape index (κ1) is 16.3. The quantitative estimate of drug-likeness (QED) is 0.783. The number of hydrogen-bond donors (Lipinski definition) is 0. The standard InChI is InChI=1S/C17H23NO2.ClH/c1-11-6-12(2)8-13(7-11)17(19)20-16-9-14-4-5-15(10-16)18(14)3;/h6-8,14-16H,4-5,9-10H2,1-3H3;1H/t14-,15+,16+;. The summed E-state index contributed by atoms with van der Waals surface area (Å²) >= 11 is 0. The molecule has 3 nitrogen and oxygen atoms in total. The number of ether oxygens (including phenoxy) is 1. The van der Waals surface area contributed by atoms with E-state index in [1.807, 2.05) is 26.0 Å². The molecule has 116 valence electrons. The number of carbonyl (C=O) groups is 1. The van der Waals surface area contributed by atoms with Crippen molar-refractivity contribution in [2.75, 3.05) is 7.05 Å². The summed E-state index contributed by atoms with van der Waals surface area (Å²) in [6.07, 6.45) is 4.57. The molecule has 21 heavy (non-hydrogen) atoms. The minimum atomic E-state index is -0.161. The fourth-order valence-electron chi connectivity index (χ4n) is 3.77. The number of esters is 1. The highest BCUT2D eigenvalue weighted by molar-refractivity contribution is 5.90. The van der Waals surface area contributed by atoms with Crippen molar-refractivity contribution >= 4 is 18.4 Å². The summed E-state index contributed by atoms with van der Waals surface area (Å²) in [6, 6.07) is 7.11. The Kier molecular flexibility index (Phi) is 4.95. The summed E-state index contributed by atoms with van der Waals surface area (Å²) in [5.41, 5.74) is 2.91. The number of rotatable bonds is 2. The molecule has 1 aromatic rings. The number of fused-ring (bicyclic) bond motifs is 2. The zero-order chi connectivity index (χ0) is 14.3. The van der Waals surface area contributed by atoms with Gasteiger partial charge >= 0.3 is 5.97 Å². The number of aryl methyl sites for hydroxylation is 2. The van der Waals surface area contributed by atoms with Crippen LogP contribution < -0.4 is 0 Å². The second kappa shape index (κ2) is 6.37. The molecule has 3 rings (SSSR count). The Morgan fingerprint density at radius 2 is 1.62 bits per heavy atom. The monoisotopic (exact) mass is 309 g/mol. The molecule has 3 atom stereocenters. The highest BCUT2D eigenvalue weighted by atomic mass is 35.5. The summed E-state index contributed by atoms with van der Waals surface area (Å²) in [5, 5.41) is 0. The van der Waals surface area contributed by atoms with Gasteiger partial charge in [-0.3, -0.25) is 0 Å². The van der Waals surface area contributed by atoms with Crippen LogP contribution in [0.15, 0.2) is 18.2 Å². The summed E-state index contributed by atoms with van der Waals surface area (Å²) in [5.74, 6) is -0.161. The Morgan fingerprint density at radius 3 is 2.14 bits per heavy atom. The van der Waals surface area contributed by atoms with E-state index >= 15 is 0 Å². The molecule has 0 aliphatic carbocycles. The summed E-state index contributed by atoms with van der Waals surface area (Å²) < 4.78 is 5.75. The van der Waals surface area contributed by atoms with Crippen molar-refractivity contribution in [2.24, 2.45) is 0 Å². The number of carbonyl (C=O) groups excluding carboxylic acids is 1. The van der Waals surface area contributed by atoms with Crippen LogP contribution in [0, 0.1) is 13.8 Å². The Morgan fingerprint density at radius 1 is 1.10 bits per heavy atom. The van der Waals surface area contributed by atoms with E-state index in [4.69, 9.17) is 4.74 Å². The van der Waals surface area contributed by atoms with Crippen LogP contribution in [0.25, 0.3) is 0 Å². The first-order valence-corrected chi connectivity index (χ1v) is 7.54. The number of piperidine rings is 1. The van der Waals surface area contributed by atoms with E-state index in [2.05, 4.69) is 18.0 Å².